The van der Waals surface area contributed by atoms with E-state index in [1.54, 1.807) is 6.20 Å². The van der Waals surface area contributed by atoms with Crippen molar-refractivity contribution in [1.82, 2.24) is 14.9 Å². The zero-order valence-corrected chi connectivity index (χ0v) is 13.9. The molecule has 0 atom stereocenters. The largest absolute Gasteiger partial charge is 0.416 e. The lowest BCUT2D eigenvalue weighted by Gasteiger charge is -2.18. The van der Waals surface area contributed by atoms with Crippen molar-refractivity contribution in [1.29, 1.82) is 0 Å². The predicted octanol–water partition coefficient (Wildman–Crippen LogP) is 3.67. The SMILES string of the molecule is CCc1nccn1CC1(CNC(=O)c2cccc(C(F)(F)F)c2)CC1. The number of nitrogens with zero attached hydrogens (tertiary/aromatic N) is 2. The molecule has 25 heavy (non-hydrogen) atoms. The number of aryl methyl sites for hydroxylation is 1. The first-order chi connectivity index (χ1) is 11.8. The fraction of sp³-hybridized carbons (Fsp3) is 0.444. The van der Waals surface area contributed by atoms with Gasteiger partial charge in [-0.15, -0.1) is 0 Å². The van der Waals surface area contributed by atoms with Gasteiger partial charge in [0.25, 0.3) is 5.91 Å². The van der Waals surface area contributed by atoms with E-state index in [1.165, 1.54) is 12.1 Å². The topological polar surface area (TPSA) is 46.9 Å². The van der Waals surface area contributed by atoms with Crippen LogP contribution in [0.3, 0.4) is 0 Å². The van der Waals surface area contributed by atoms with E-state index < -0.39 is 17.6 Å². The maximum atomic E-state index is 12.8. The van der Waals surface area contributed by atoms with Gasteiger partial charge in [-0.3, -0.25) is 4.79 Å². The second-order valence-corrected chi connectivity index (χ2v) is 6.59. The molecule has 0 aliphatic heterocycles. The van der Waals surface area contributed by atoms with E-state index in [0.717, 1.165) is 43.8 Å². The number of hydrogen-bond acceptors (Lipinski definition) is 2. The predicted molar refractivity (Wildman–Crippen MR) is 87.0 cm³/mol. The summed E-state index contributed by atoms with van der Waals surface area (Å²) in [7, 11) is 0. The molecule has 4 nitrogen and oxygen atoms in total. The molecule has 1 aliphatic rings. The van der Waals surface area contributed by atoms with E-state index in [1.807, 2.05) is 13.1 Å². The van der Waals surface area contributed by atoms with Gasteiger partial charge in [0.15, 0.2) is 0 Å². The van der Waals surface area contributed by atoms with Crippen LogP contribution in [0.25, 0.3) is 0 Å². The van der Waals surface area contributed by atoms with Gasteiger partial charge in [-0.2, -0.15) is 13.2 Å². The van der Waals surface area contributed by atoms with Crippen LogP contribution in [0.4, 0.5) is 13.2 Å². The van der Waals surface area contributed by atoms with Crippen molar-refractivity contribution in [2.75, 3.05) is 6.54 Å². The van der Waals surface area contributed by atoms with Crippen molar-refractivity contribution in [3.05, 3.63) is 53.6 Å². The number of nitrogens with one attached hydrogen (secondary N) is 1. The van der Waals surface area contributed by atoms with Gasteiger partial charge in [-0.1, -0.05) is 13.0 Å². The van der Waals surface area contributed by atoms with Gasteiger partial charge in [-0.05, 0) is 31.0 Å². The third-order valence-corrected chi connectivity index (χ3v) is 4.66. The molecule has 0 spiro atoms. The lowest BCUT2D eigenvalue weighted by Crippen LogP contribution is -2.32. The van der Waals surface area contributed by atoms with Gasteiger partial charge in [0.05, 0.1) is 5.56 Å². The summed E-state index contributed by atoms with van der Waals surface area (Å²) in [5, 5.41) is 2.79. The van der Waals surface area contributed by atoms with Crippen LogP contribution in [-0.4, -0.2) is 22.0 Å². The molecule has 1 amide bonds. The monoisotopic (exact) mass is 351 g/mol. The highest BCUT2D eigenvalue weighted by atomic mass is 19.4. The standard InChI is InChI=1S/C18H20F3N3O/c1-2-15-22-8-9-24(15)12-17(6-7-17)11-23-16(25)13-4-3-5-14(10-13)18(19,20)21/h3-5,8-10H,2,6-7,11-12H2,1H3,(H,23,25). The van der Waals surface area contributed by atoms with Crippen molar-refractivity contribution in [3.8, 4) is 0 Å². The maximum absolute atomic E-state index is 12.8. The Morgan fingerprint density at radius 2 is 2.12 bits per heavy atom. The number of benzene rings is 1. The lowest BCUT2D eigenvalue weighted by atomic mass is 10.1. The summed E-state index contributed by atoms with van der Waals surface area (Å²) < 4.78 is 40.4. The molecule has 1 aliphatic carbocycles. The quantitative estimate of drug-likeness (QED) is 0.863. The first kappa shape index (κ1) is 17.5. The van der Waals surface area contributed by atoms with Gasteiger partial charge in [0.2, 0.25) is 0 Å². The zero-order chi connectivity index (χ0) is 18.1. The highest BCUT2D eigenvalue weighted by molar-refractivity contribution is 5.94. The van der Waals surface area contributed by atoms with Crippen LogP contribution < -0.4 is 5.32 Å². The number of alkyl halides is 3. The molecular weight excluding hydrogens is 331 g/mol. The molecule has 0 unspecified atom stereocenters. The van der Waals surface area contributed by atoms with Crippen LogP contribution in [0.2, 0.25) is 0 Å². The first-order valence-corrected chi connectivity index (χ1v) is 8.28. The van der Waals surface area contributed by atoms with E-state index in [2.05, 4.69) is 14.9 Å². The number of amides is 1. The number of halogens is 3. The van der Waals surface area contributed by atoms with Crippen molar-refractivity contribution in [3.63, 3.8) is 0 Å². The average Bonchev–Trinajstić information content (AvgIpc) is 3.20. The summed E-state index contributed by atoms with van der Waals surface area (Å²) >= 11 is 0. The Kier molecular flexibility index (Phi) is 4.58. The normalized spacial score (nSPS) is 15.8. The summed E-state index contributed by atoms with van der Waals surface area (Å²) in [6.45, 7) is 3.25. The van der Waals surface area contributed by atoms with Crippen LogP contribution in [0.5, 0.6) is 0 Å². The molecule has 1 fully saturated rings. The average molecular weight is 351 g/mol. The summed E-state index contributed by atoms with van der Waals surface area (Å²) in [4.78, 5) is 16.5. The number of imidazole rings is 1. The number of rotatable bonds is 6. The van der Waals surface area contributed by atoms with Crippen LogP contribution >= 0.6 is 0 Å². The molecule has 0 saturated heterocycles. The summed E-state index contributed by atoms with van der Waals surface area (Å²) in [5.41, 5.74) is -0.808. The molecule has 0 radical (unpaired) electrons. The Balaban J connectivity index is 1.63. The second-order valence-electron chi connectivity index (χ2n) is 6.59. The molecule has 1 aromatic heterocycles. The minimum absolute atomic E-state index is 0.0259. The zero-order valence-electron chi connectivity index (χ0n) is 13.9. The first-order valence-electron chi connectivity index (χ1n) is 8.28. The molecular formula is C18H20F3N3O. The van der Waals surface area contributed by atoms with Crippen molar-refractivity contribution in [2.45, 2.75) is 38.9 Å². The number of carbonyl (C=O) groups excluding carboxylic acids is 1. The Morgan fingerprint density at radius 3 is 2.76 bits per heavy atom. The van der Waals surface area contributed by atoms with E-state index in [4.69, 9.17) is 0 Å². The van der Waals surface area contributed by atoms with E-state index in [9.17, 15) is 18.0 Å². The van der Waals surface area contributed by atoms with Crippen LogP contribution in [0.15, 0.2) is 36.7 Å². The van der Waals surface area contributed by atoms with Crippen LogP contribution in [-0.2, 0) is 19.1 Å². The molecule has 1 aromatic carbocycles. The van der Waals surface area contributed by atoms with Gasteiger partial charge < -0.3 is 9.88 Å². The van der Waals surface area contributed by atoms with E-state index in [0.29, 0.717) is 6.54 Å². The van der Waals surface area contributed by atoms with Crippen molar-refractivity contribution in [2.24, 2.45) is 5.41 Å². The second kappa shape index (κ2) is 6.54. The molecule has 3 rings (SSSR count). The van der Waals surface area contributed by atoms with Gasteiger partial charge in [0, 0.05) is 42.9 Å². The number of hydrogen-bond donors (Lipinski definition) is 1. The summed E-state index contributed by atoms with van der Waals surface area (Å²) in [6.07, 6.45) is 2.03. The molecule has 2 aromatic rings. The maximum Gasteiger partial charge on any atom is 0.416 e. The highest BCUT2D eigenvalue weighted by Crippen LogP contribution is 2.46. The Bertz CT molecular complexity index is 763. The smallest absolute Gasteiger partial charge is 0.351 e. The molecule has 134 valence electrons. The minimum Gasteiger partial charge on any atom is -0.351 e. The number of carbonyl (C=O) groups is 1. The fourth-order valence-electron chi connectivity index (χ4n) is 2.93. The highest BCUT2D eigenvalue weighted by Gasteiger charge is 2.43. The number of aromatic nitrogens is 2. The summed E-state index contributed by atoms with van der Waals surface area (Å²) in [6, 6.07) is 4.50. The molecule has 7 heteroatoms. The van der Waals surface area contributed by atoms with Gasteiger partial charge in [-0.25, -0.2) is 4.98 Å². The van der Waals surface area contributed by atoms with E-state index >= 15 is 0 Å². The minimum atomic E-state index is -4.45. The van der Waals surface area contributed by atoms with Gasteiger partial charge in [0.1, 0.15) is 5.82 Å². The summed E-state index contributed by atoms with van der Waals surface area (Å²) in [5.74, 6) is 0.522. The van der Waals surface area contributed by atoms with Crippen molar-refractivity contribution >= 4 is 5.91 Å². The Morgan fingerprint density at radius 1 is 1.36 bits per heavy atom. The molecule has 1 saturated carbocycles. The Hall–Kier alpha value is -2.31. The third kappa shape index (κ3) is 4.03. The van der Waals surface area contributed by atoms with Crippen LogP contribution in [0.1, 0.15) is 41.5 Å². The molecule has 1 N–H and O–H groups in total. The fourth-order valence-corrected chi connectivity index (χ4v) is 2.93. The Labute approximate surface area is 144 Å². The lowest BCUT2D eigenvalue weighted by molar-refractivity contribution is -0.137. The van der Waals surface area contributed by atoms with Gasteiger partial charge >= 0.3 is 6.18 Å². The van der Waals surface area contributed by atoms with Crippen LogP contribution in [0, 0.1) is 5.41 Å². The third-order valence-electron chi connectivity index (χ3n) is 4.66. The molecule has 0 bridgehead atoms. The van der Waals surface area contributed by atoms with E-state index in [-0.39, 0.29) is 11.0 Å². The molecule has 1 heterocycles. The van der Waals surface area contributed by atoms with Crippen molar-refractivity contribution < 1.29 is 18.0 Å².